The third kappa shape index (κ3) is 6.28. The zero-order chi connectivity index (χ0) is 24.8. The molecule has 0 aliphatic rings. The van der Waals surface area contributed by atoms with Crippen LogP contribution in [-0.2, 0) is 16.1 Å². The summed E-state index contributed by atoms with van der Waals surface area (Å²) in [5, 5.41) is 12.3. The van der Waals surface area contributed by atoms with Crippen molar-refractivity contribution in [1.82, 2.24) is 14.8 Å². The normalized spacial score (nSPS) is 11.8. The molecule has 1 unspecified atom stereocenters. The molecule has 0 radical (unpaired) electrons. The van der Waals surface area contributed by atoms with Crippen LogP contribution in [0, 0.1) is 12.7 Å². The second-order valence-corrected chi connectivity index (χ2v) is 9.68. The molecule has 12 heteroatoms. The quantitative estimate of drug-likeness (QED) is 0.275. The summed E-state index contributed by atoms with van der Waals surface area (Å²) in [6, 6.07) is 5.59. The Hall–Kier alpha value is -2.63. The lowest BCUT2D eigenvalue weighted by Crippen LogP contribution is -2.16. The van der Waals surface area contributed by atoms with Gasteiger partial charge in [-0.3, -0.25) is 4.79 Å². The highest BCUT2D eigenvalue weighted by Gasteiger charge is 2.22. The van der Waals surface area contributed by atoms with Gasteiger partial charge in [0.2, 0.25) is 5.91 Å². The number of hydrogen-bond donors (Lipinski definition) is 1. The maximum absolute atomic E-state index is 13.3. The molecule has 182 valence electrons. The standard InChI is InChI=1S/C22H24ClFN4O4S2/c1-5-28-19(13(4)32-17-8-7-14(24)10-16(17)23)26-27-22(28)33-11-18(29)25-20-15(9-12(3)34-20)21(30)31-6-2/h7-10,13H,5-6,11H2,1-4H3,(H,25,29). The van der Waals surface area contributed by atoms with E-state index >= 15 is 0 Å². The molecule has 1 atom stereocenters. The summed E-state index contributed by atoms with van der Waals surface area (Å²) in [5.41, 5.74) is 0.340. The van der Waals surface area contributed by atoms with Crippen LogP contribution in [0.15, 0.2) is 29.4 Å². The molecule has 0 bridgehead atoms. The highest BCUT2D eigenvalue weighted by molar-refractivity contribution is 7.99. The molecule has 2 heterocycles. The predicted molar refractivity (Wildman–Crippen MR) is 131 cm³/mol. The van der Waals surface area contributed by atoms with E-state index in [1.165, 1.54) is 41.3 Å². The Kier molecular flexibility index (Phi) is 8.92. The minimum atomic E-state index is -0.514. The molecule has 3 rings (SSSR count). The number of carbonyl (C=O) groups is 2. The maximum atomic E-state index is 13.3. The van der Waals surface area contributed by atoms with Gasteiger partial charge in [0.15, 0.2) is 17.1 Å². The van der Waals surface area contributed by atoms with E-state index in [-0.39, 0.29) is 23.3 Å². The Labute approximate surface area is 209 Å². The number of rotatable bonds is 10. The number of benzene rings is 1. The topological polar surface area (TPSA) is 95.3 Å². The molecule has 1 aromatic carbocycles. The molecule has 34 heavy (non-hydrogen) atoms. The van der Waals surface area contributed by atoms with E-state index in [4.69, 9.17) is 21.1 Å². The van der Waals surface area contributed by atoms with Crippen molar-refractivity contribution < 1.29 is 23.5 Å². The summed E-state index contributed by atoms with van der Waals surface area (Å²) in [7, 11) is 0. The van der Waals surface area contributed by atoms with Gasteiger partial charge in [-0.25, -0.2) is 9.18 Å². The van der Waals surface area contributed by atoms with Gasteiger partial charge >= 0.3 is 5.97 Å². The van der Waals surface area contributed by atoms with Crippen LogP contribution >= 0.6 is 34.7 Å². The van der Waals surface area contributed by atoms with Gasteiger partial charge in [-0.2, -0.15) is 0 Å². The maximum Gasteiger partial charge on any atom is 0.341 e. The van der Waals surface area contributed by atoms with Crippen LogP contribution in [0.3, 0.4) is 0 Å². The molecule has 0 spiro atoms. The third-order valence-electron chi connectivity index (χ3n) is 4.56. The average molecular weight is 527 g/mol. The largest absolute Gasteiger partial charge is 0.481 e. The SMILES string of the molecule is CCOC(=O)c1cc(C)sc1NC(=O)CSc1nnc(C(C)Oc2ccc(F)cc2Cl)n1CC. The second kappa shape index (κ2) is 11.7. The first-order chi connectivity index (χ1) is 16.2. The van der Waals surface area contributed by atoms with Crippen LogP contribution in [0.1, 0.15) is 47.9 Å². The number of esters is 1. The highest BCUT2D eigenvalue weighted by Crippen LogP contribution is 2.31. The van der Waals surface area contributed by atoms with Crippen molar-refractivity contribution in [3.63, 3.8) is 0 Å². The van der Waals surface area contributed by atoms with Crippen LogP contribution in [0.25, 0.3) is 0 Å². The van der Waals surface area contributed by atoms with Gasteiger partial charge in [0.25, 0.3) is 0 Å². The first-order valence-corrected chi connectivity index (χ1v) is 12.7. The van der Waals surface area contributed by atoms with Crippen LogP contribution in [0.5, 0.6) is 5.75 Å². The summed E-state index contributed by atoms with van der Waals surface area (Å²) in [6.45, 7) is 8.09. The van der Waals surface area contributed by atoms with Gasteiger partial charge in [0.1, 0.15) is 16.6 Å². The van der Waals surface area contributed by atoms with Crippen molar-refractivity contribution >= 4 is 51.6 Å². The van der Waals surface area contributed by atoms with E-state index in [2.05, 4.69) is 15.5 Å². The molecule has 1 amide bonds. The van der Waals surface area contributed by atoms with E-state index in [1.807, 2.05) is 18.4 Å². The van der Waals surface area contributed by atoms with E-state index < -0.39 is 17.9 Å². The van der Waals surface area contributed by atoms with Crippen LogP contribution < -0.4 is 10.1 Å². The van der Waals surface area contributed by atoms with Crippen molar-refractivity contribution in [2.45, 2.75) is 45.5 Å². The summed E-state index contributed by atoms with van der Waals surface area (Å²) in [5.74, 6) is -0.267. The number of thioether (sulfide) groups is 1. The van der Waals surface area contributed by atoms with Crippen molar-refractivity contribution in [2.24, 2.45) is 0 Å². The Morgan fingerprint density at radius 2 is 2.06 bits per heavy atom. The second-order valence-electron chi connectivity index (χ2n) is 7.08. The number of anilines is 1. The lowest BCUT2D eigenvalue weighted by molar-refractivity contribution is -0.113. The Bertz CT molecular complexity index is 1180. The zero-order valence-corrected chi connectivity index (χ0v) is 21.4. The lowest BCUT2D eigenvalue weighted by Gasteiger charge is -2.16. The number of nitrogens with zero attached hydrogens (tertiary/aromatic N) is 3. The van der Waals surface area contributed by atoms with Gasteiger partial charge in [-0.05, 0) is 52.0 Å². The molecular formula is C22H24ClFN4O4S2. The molecule has 0 saturated carbocycles. The van der Waals surface area contributed by atoms with Crippen molar-refractivity contribution in [1.29, 1.82) is 0 Å². The molecule has 8 nitrogen and oxygen atoms in total. The fourth-order valence-corrected chi connectivity index (χ4v) is 5.02. The summed E-state index contributed by atoms with van der Waals surface area (Å²) in [6.07, 6.45) is -0.514. The van der Waals surface area contributed by atoms with E-state index in [0.29, 0.717) is 33.8 Å². The van der Waals surface area contributed by atoms with E-state index in [9.17, 15) is 14.0 Å². The number of amides is 1. The van der Waals surface area contributed by atoms with Gasteiger partial charge in [0, 0.05) is 11.4 Å². The average Bonchev–Trinajstić information content (AvgIpc) is 3.37. The first-order valence-electron chi connectivity index (χ1n) is 10.5. The molecule has 0 aliphatic carbocycles. The number of hydrogen-bond acceptors (Lipinski definition) is 8. The minimum Gasteiger partial charge on any atom is -0.481 e. The number of aromatic nitrogens is 3. The number of thiophene rings is 1. The third-order valence-corrected chi connectivity index (χ3v) is 6.79. The van der Waals surface area contributed by atoms with Crippen molar-refractivity contribution in [3.8, 4) is 5.75 Å². The molecule has 0 aliphatic heterocycles. The van der Waals surface area contributed by atoms with Gasteiger partial charge < -0.3 is 19.4 Å². The fourth-order valence-electron chi connectivity index (χ4n) is 3.08. The fraction of sp³-hybridized carbons (Fsp3) is 0.364. The molecule has 2 aromatic heterocycles. The summed E-state index contributed by atoms with van der Waals surface area (Å²) < 4.78 is 26.0. The molecule has 3 aromatic rings. The Balaban J connectivity index is 1.66. The molecule has 0 fully saturated rings. The van der Waals surface area contributed by atoms with E-state index in [0.717, 1.165) is 4.88 Å². The molecule has 0 saturated heterocycles. The van der Waals surface area contributed by atoms with Crippen LogP contribution in [-0.4, -0.2) is 39.0 Å². The lowest BCUT2D eigenvalue weighted by atomic mass is 10.3. The highest BCUT2D eigenvalue weighted by atomic mass is 35.5. The minimum absolute atomic E-state index is 0.0658. The number of aryl methyl sites for hydroxylation is 1. The number of ether oxygens (including phenoxy) is 2. The van der Waals surface area contributed by atoms with E-state index in [1.54, 1.807) is 19.9 Å². The first kappa shape index (κ1) is 26.0. The van der Waals surface area contributed by atoms with Crippen molar-refractivity contribution in [2.75, 3.05) is 17.7 Å². The Morgan fingerprint density at radius 3 is 2.74 bits per heavy atom. The number of nitrogens with one attached hydrogen (secondary N) is 1. The van der Waals surface area contributed by atoms with Crippen LogP contribution in [0.2, 0.25) is 5.02 Å². The molecule has 1 N–H and O–H groups in total. The predicted octanol–water partition coefficient (Wildman–Crippen LogP) is 5.51. The van der Waals surface area contributed by atoms with Gasteiger partial charge in [-0.15, -0.1) is 21.5 Å². The van der Waals surface area contributed by atoms with Gasteiger partial charge in [-0.1, -0.05) is 23.4 Å². The van der Waals surface area contributed by atoms with Crippen LogP contribution in [0.4, 0.5) is 9.39 Å². The molecular weight excluding hydrogens is 503 g/mol. The smallest absolute Gasteiger partial charge is 0.341 e. The zero-order valence-electron chi connectivity index (χ0n) is 19.1. The summed E-state index contributed by atoms with van der Waals surface area (Å²) in [4.78, 5) is 25.6. The Morgan fingerprint density at radius 1 is 1.29 bits per heavy atom. The monoisotopic (exact) mass is 526 g/mol. The van der Waals surface area contributed by atoms with Crippen molar-refractivity contribution in [3.05, 3.63) is 51.4 Å². The van der Waals surface area contributed by atoms with Gasteiger partial charge in [0.05, 0.1) is 22.9 Å². The number of carbonyl (C=O) groups excluding carboxylic acids is 2. The number of halogens is 2. The summed E-state index contributed by atoms with van der Waals surface area (Å²) >= 11 is 8.58.